The number of methoxy groups -OCH3 is 1. The normalized spacial score (nSPS) is 16.4. The van der Waals surface area contributed by atoms with Crippen molar-refractivity contribution < 1.29 is 23.8 Å². The number of morpholine rings is 1. The Hall–Kier alpha value is -3.20. The van der Waals surface area contributed by atoms with Crippen molar-refractivity contribution in [2.24, 2.45) is 0 Å². The number of piperazine rings is 1. The van der Waals surface area contributed by atoms with E-state index in [9.17, 15) is 9.59 Å². The lowest BCUT2D eigenvalue weighted by Gasteiger charge is -2.34. The van der Waals surface area contributed by atoms with E-state index in [0.29, 0.717) is 58.2 Å². The predicted octanol–water partition coefficient (Wildman–Crippen LogP) is 2.91. The highest BCUT2D eigenvalue weighted by atomic mass is 16.6. The molecule has 0 saturated carbocycles. The van der Waals surface area contributed by atoms with Crippen molar-refractivity contribution in [2.45, 2.75) is 27.3 Å². The van der Waals surface area contributed by atoms with Gasteiger partial charge in [-0.3, -0.25) is 4.79 Å². The highest BCUT2D eigenvalue weighted by molar-refractivity contribution is 5.97. The summed E-state index contributed by atoms with van der Waals surface area (Å²) in [5, 5.41) is 0. The summed E-state index contributed by atoms with van der Waals surface area (Å²) in [5.41, 5.74) is 4.95. The summed E-state index contributed by atoms with van der Waals surface area (Å²) >= 11 is 0. The van der Waals surface area contributed by atoms with E-state index < -0.39 is 0 Å². The number of rotatable bonds is 6. The Labute approximate surface area is 207 Å². The molecule has 9 heteroatoms. The van der Waals surface area contributed by atoms with Crippen LogP contribution in [0.15, 0.2) is 24.3 Å². The van der Waals surface area contributed by atoms with Gasteiger partial charge in [-0.25, -0.2) is 4.79 Å². The van der Waals surface area contributed by atoms with Crippen molar-refractivity contribution in [1.29, 1.82) is 0 Å². The van der Waals surface area contributed by atoms with E-state index in [1.807, 2.05) is 30.0 Å². The van der Waals surface area contributed by atoms with Crippen LogP contribution in [-0.4, -0.2) is 92.6 Å². The summed E-state index contributed by atoms with van der Waals surface area (Å²) < 4.78 is 18.2. The van der Waals surface area contributed by atoms with Crippen LogP contribution in [0.5, 0.6) is 5.75 Å². The zero-order valence-electron chi connectivity index (χ0n) is 21.2. The Morgan fingerprint density at radius 3 is 2.34 bits per heavy atom. The average Bonchev–Trinajstić information content (AvgIpc) is 3.13. The van der Waals surface area contributed by atoms with E-state index in [4.69, 9.17) is 14.2 Å². The van der Waals surface area contributed by atoms with E-state index in [-0.39, 0.29) is 12.0 Å². The molecule has 0 unspecified atom stereocenters. The molecule has 0 radical (unpaired) electrons. The van der Waals surface area contributed by atoms with Gasteiger partial charge in [0.05, 0.1) is 32.6 Å². The third-order valence-corrected chi connectivity index (χ3v) is 6.83. The Morgan fingerprint density at radius 1 is 1.00 bits per heavy atom. The van der Waals surface area contributed by atoms with Gasteiger partial charge in [-0.05, 0) is 38.5 Å². The van der Waals surface area contributed by atoms with Crippen molar-refractivity contribution in [3.05, 3.63) is 46.8 Å². The van der Waals surface area contributed by atoms with Gasteiger partial charge in [-0.1, -0.05) is 12.1 Å². The van der Waals surface area contributed by atoms with E-state index >= 15 is 0 Å². The van der Waals surface area contributed by atoms with Crippen LogP contribution in [-0.2, 0) is 16.0 Å². The SMILES string of the molecule is CCOC(=O)N1CCN(C(=O)c2c(C)c(N3CCOCC3)c(C)n2Cc2cccc(OC)c2)CC1. The minimum absolute atomic E-state index is 0.00323. The molecule has 0 spiro atoms. The fraction of sp³-hybridized carbons (Fsp3) is 0.538. The van der Waals surface area contributed by atoms with Crippen molar-refractivity contribution in [3.63, 3.8) is 0 Å². The number of hydrogen-bond donors (Lipinski definition) is 0. The number of nitrogens with zero attached hydrogens (tertiary/aromatic N) is 4. The lowest BCUT2D eigenvalue weighted by molar-refractivity contribution is 0.0561. The molecule has 2 saturated heterocycles. The fourth-order valence-electron chi connectivity index (χ4n) is 5.02. The minimum Gasteiger partial charge on any atom is -0.497 e. The summed E-state index contributed by atoms with van der Waals surface area (Å²) in [5.74, 6) is 0.789. The molecule has 2 fully saturated rings. The zero-order valence-corrected chi connectivity index (χ0v) is 21.2. The van der Waals surface area contributed by atoms with Gasteiger partial charge >= 0.3 is 6.09 Å². The number of benzene rings is 1. The number of ether oxygens (including phenoxy) is 3. The third-order valence-electron chi connectivity index (χ3n) is 6.83. The first kappa shape index (κ1) is 24.9. The maximum absolute atomic E-state index is 13.9. The zero-order chi connectivity index (χ0) is 24.9. The van der Waals surface area contributed by atoms with Gasteiger partial charge in [0.25, 0.3) is 5.91 Å². The van der Waals surface area contributed by atoms with Crippen molar-refractivity contribution >= 4 is 17.7 Å². The van der Waals surface area contributed by atoms with Gasteiger partial charge < -0.3 is 33.5 Å². The lowest BCUT2D eigenvalue weighted by Crippen LogP contribution is -2.51. The van der Waals surface area contributed by atoms with Gasteiger partial charge in [0.2, 0.25) is 0 Å². The first-order chi connectivity index (χ1) is 16.9. The molecule has 3 heterocycles. The van der Waals surface area contributed by atoms with E-state index in [0.717, 1.165) is 41.3 Å². The lowest BCUT2D eigenvalue weighted by atomic mass is 10.1. The van der Waals surface area contributed by atoms with Crippen LogP contribution >= 0.6 is 0 Å². The molecule has 1 aromatic carbocycles. The standard InChI is InChI=1S/C26H36N4O5/c1-5-35-26(32)29-11-9-28(10-12-29)25(31)24-19(2)23(27-13-15-34-16-14-27)20(3)30(24)18-21-7-6-8-22(17-21)33-4/h6-8,17H,5,9-16,18H2,1-4H3. The minimum atomic E-state index is -0.317. The largest absolute Gasteiger partial charge is 0.497 e. The number of anilines is 1. The number of amides is 2. The van der Waals surface area contributed by atoms with Crippen LogP contribution in [0.2, 0.25) is 0 Å². The predicted molar refractivity (Wildman–Crippen MR) is 134 cm³/mol. The Balaban J connectivity index is 1.65. The molecule has 0 N–H and O–H groups in total. The van der Waals surface area contributed by atoms with Gasteiger partial charge in [0, 0.05) is 57.1 Å². The molecule has 190 valence electrons. The van der Waals surface area contributed by atoms with Gasteiger partial charge in [-0.2, -0.15) is 0 Å². The number of carbonyl (C=O) groups is 2. The molecule has 0 atom stereocenters. The molecule has 4 rings (SSSR count). The fourth-order valence-corrected chi connectivity index (χ4v) is 5.02. The van der Waals surface area contributed by atoms with E-state index in [2.05, 4.69) is 22.5 Å². The van der Waals surface area contributed by atoms with Crippen LogP contribution in [0.3, 0.4) is 0 Å². The van der Waals surface area contributed by atoms with Crippen LogP contribution < -0.4 is 9.64 Å². The summed E-state index contributed by atoms with van der Waals surface area (Å²) in [4.78, 5) is 31.9. The second-order valence-corrected chi connectivity index (χ2v) is 8.92. The Bertz CT molecular complexity index is 1050. The highest BCUT2D eigenvalue weighted by Crippen LogP contribution is 2.33. The van der Waals surface area contributed by atoms with Crippen LogP contribution in [0, 0.1) is 13.8 Å². The molecule has 2 aliphatic rings. The molecule has 35 heavy (non-hydrogen) atoms. The molecular formula is C26H36N4O5. The van der Waals surface area contributed by atoms with E-state index in [1.54, 1.807) is 18.9 Å². The molecule has 2 aromatic rings. The molecule has 0 aliphatic carbocycles. The third kappa shape index (κ3) is 5.24. The monoisotopic (exact) mass is 484 g/mol. The summed E-state index contributed by atoms with van der Waals surface area (Å²) in [6.45, 7) is 11.7. The Morgan fingerprint density at radius 2 is 1.69 bits per heavy atom. The van der Waals surface area contributed by atoms with Gasteiger partial charge in [0.15, 0.2) is 0 Å². The first-order valence-corrected chi connectivity index (χ1v) is 12.3. The summed E-state index contributed by atoms with van der Waals surface area (Å²) in [7, 11) is 1.66. The highest BCUT2D eigenvalue weighted by Gasteiger charge is 2.32. The number of hydrogen-bond acceptors (Lipinski definition) is 6. The molecule has 1 aromatic heterocycles. The van der Waals surface area contributed by atoms with Crippen molar-refractivity contribution in [2.75, 3.05) is 71.1 Å². The topological polar surface area (TPSA) is 76.5 Å². The second-order valence-electron chi connectivity index (χ2n) is 8.92. The van der Waals surface area contributed by atoms with E-state index in [1.165, 1.54) is 0 Å². The molecule has 2 aliphatic heterocycles. The summed E-state index contributed by atoms with van der Waals surface area (Å²) in [6.07, 6.45) is -0.317. The smallest absolute Gasteiger partial charge is 0.409 e. The number of carbonyl (C=O) groups excluding carboxylic acids is 2. The molecule has 0 bridgehead atoms. The van der Waals surface area contributed by atoms with Crippen molar-refractivity contribution in [1.82, 2.24) is 14.4 Å². The number of aromatic nitrogens is 1. The Kier molecular flexibility index (Phi) is 7.85. The molecule has 2 amide bonds. The van der Waals surface area contributed by atoms with Gasteiger partial charge in [-0.15, -0.1) is 0 Å². The van der Waals surface area contributed by atoms with Crippen LogP contribution in [0.1, 0.15) is 34.2 Å². The molecular weight excluding hydrogens is 448 g/mol. The quantitative estimate of drug-likeness (QED) is 0.628. The molecule has 9 nitrogen and oxygen atoms in total. The average molecular weight is 485 g/mol. The van der Waals surface area contributed by atoms with Gasteiger partial charge in [0.1, 0.15) is 11.4 Å². The second kappa shape index (κ2) is 11.0. The van der Waals surface area contributed by atoms with Crippen LogP contribution in [0.25, 0.3) is 0 Å². The van der Waals surface area contributed by atoms with Crippen LogP contribution in [0.4, 0.5) is 10.5 Å². The first-order valence-electron chi connectivity index (χ1n) is 12.3. The van der Waals surface area contributed by atoms with Crippen molar-refractivity contribution in [3.8, 4) is 5.75 Å². The summed E-state index contributed by atoms with van der Waals surface area (Å²) in [6, 6.07) is 7.96. The maximum atomic E-state index is 13.9. The maximum Gasteiger partial charge on any atom is 0.409 e.